The molecule has 3 heterocycles. The molecule has 2 aliphatic heterocycles. The van der Waals surface area contributed by atoms with Gasteiger partial charge in [0, 0.05) is 30.2 Å². The fraction of sp³-hybridized carbons (Fsp3) is 0.421. The lowest BCUT2D eigenvalue weighted by molar-refractivity contribution is -0.128. The third kappa shape index (κ3) is 3.99. The lowest BCUT2D eigenvalue weighted by atomic mass is 10.0. The molecule has 2 aliphatic rings. The molecule has 0 bridgehead atoms. The van der Waals surface area contributed by atoms with Crippen molar-refractivity contribution in [2.24, 2.45) is 5.92 Å². The molecule has 0 aliphatic carbocycles. The normalized spacial score (nSPS) is 21.6. The van der Waals surface area contributed by atoms with Crippen LogP contribution in [0, 0.1) is 5.92 Å². The molecule has 2 aromatic rings. The highest BCUT2D eigenvalue weighted by Crippen LogP contribution is 2.32. The Kier molecular flexibility index (Phi) is 5.13. The molecular formula is C19H21ClN4O3. The zero-order valence-electron chi connectivity index (χ0n) is 14.8. The standard InChI is InChI=1S/C19H21ClN4O3/c20-14-5-3-12(4-6-14)16-10-22-24-11-13(19(26)23-18(16)24)8-17(25)21-9-15-2-1-7-27-15/h3-6,10,13,15H,1-2,7-9,11H2,(H,21,25)(H,23,26)/t13-,15+/m1/s1. The average molecular weight is 389 g/mol. The molecule has 0 unspecified atom stereocenters. The van der Waals surface area contributed by atoms with E-state index in [1.54, 1.807) is 23.0 Å². The molecule has 142 valence electrons. The van der Waals surface area contributed by atoms with Crippen molar-refractivity contribution >= 4 is 29.2 Å². The van der Waals surface area contributed by atoms with Crippen LogP contribution in [-0.2, 0) is 20.9 Å². The van der Waals surface area contributed by atoms with Crippen molar-refractivity contribution in [3.63, 3.8) is 0 Å². The molecule has 2 amide bonds. The van der Waals surface area contributed by atoms with Crippen molar-refractivity contribution in [3.05, 3.63) is 35.5 Å². The average Bonchev–Trinajstić information content (AvgIpc) is 3.31. The highest BCUT2D eigenvalue weighted by molar-refractivity contribution is 6.30. The topological polar surface area (TPSA) is 85.2 Å². The predicted molar refractivity (Wildman–Crippen MR) is 101 cm³/mol. The molecule has 1 saturated heterocycles. The number of anilines is 1. The van der Waals surface area contributed by atoms with Crippen molar-refractivity contribution in [2.45, 2.75) is 31.9 Å². The number of hydrogen-bond acceptors (Lipinski definition) is 4. The van der Waals surface area contributed by atoms with Crippen LogP contribution in [0.1, 0.15) is 19.3 Å². The van der Waals surface area contributed by atoms with Crippen molar-refractivity contribution in [1.29, 1.82) is 0 Å². The van der Waals surface area contributed by atoms with E-state index in [9.17, 15) is 9.59 Å². The Balaban J connectivity index is 1.40. The molecule has 0 saturated carbocycles. The summed E-state index contributed by atoms with van der Waals surface area (Å²) in [4.78, 5) is 24.7. The van der Waals surface area contributed by atoms with E-state index in [0.717, 1.165) is 30.6 Å². The van der Waals surface area contributed by atoms with Gasteiger partial charge < -0.3 is 15.4 Å². The van der Waals surface area contributed by atoms with E-state index < -0.39 is 5.92 Å². The Morgan fingerprint density at radius 1 is 1.37 bits per heavy atom. The van der Waals surface area contributed by atoms with Gasteiger partial charge in [-0.25, -0.2) is 4.68 Å². The first-order valence-corrected chi connectivity index (χ1v) is 9.49. The minimum Gasteiger partial charge on any atom is -0.376 e. The number of ether oxygens (including phenoxy) is 1. The molecule has 1 aromatic heterocycles. The molecule has 2 N–H and O–H groups in total. The number of carbonyl (C=O) groups is 2. The Hall–Kier alpha value is -2.38. The summed E-state index contributed by atoms with van der Waals surface area (Å²) < 4.78 is 7.24. The van der Waals surface area contributed by atoms with Crippen LogP contribution in [0.2, 0.25) is 5.02 Å². The van der Waals surface area contributed by atoms with Gasteiger partial charge in [-0.15, -0.1) is 0 Å². The number of nitrogens with zero attached hydrogens (tertiary/aromatic N) is 2. The number of amides is 2. The van der Waals surface area contributed by atoms with Gasteiger partial charge in [-0.3, -0.25) is 9.59 Å². The molecule has 27 heavy (non-hydrogen) atoms. The van der Waals surface area contributed by atoms with Crippen LogP contribution >= 0.6 is 11.6 Å². The van der Waals surface area contributed by atoms with Crippen molar-refractivity contribution in [2.75, 3.05) is 18.5 Å². The van der Waals surface area contributed by atoms with Crippen LogP contribution in [0.25, 0.3) is 11.1 Å². The number of carbonyl (C=O) groups excluding carboxylic acids is 2. The summed E-state index contributed by atoms with van der Waals surface area (Å²) >= 11 is 5.94. The lowest BCUT2D eigenvalue weighted by Crippen LogP contribution is -2.39. The van der Waals surface area contributed by atoms with Crippen LogP contribution < -0.4 is 10.6 Å². The van der Waals surface area contributed by atoms with E-state index in [-0.39, 0.29) is 24.3 Å². The maximum Gasteiger partial charge on any atom is 0.231 e. The quantitative estimate of drug-likeness (QED) is 0.823. The van der Waals surface area contributed by atoms with Crippen molar-refractivity contribution in [3.8, 4) is 11.1 Å². The summed E-state index contributed by atoms with van der Waals surface area (Å²) in [5.74, 6) is -0.0945. The van der Waals surface area contributed by atoms with Gasteiger partial charge in [0.05, 0.1) is 24.8 Å². The lowest BCUT2D eigenvalue weighted by Gasteiger charge is -2.24. The number of rotatable bonds is 5. The largest absolute Gasteiger partial charge is 0.376 e. The summed E-state index contributed by atoms with van der Waals surface area (Å²) in [6.07, 6.45) is 3.94. The highest BCUT2D eigenvalue weighted by atomic mass is 35.5. The molecular weight excluding hydrogens is 368 g/mol. The summed E-state index contributed by atoms with van der Waals surface area (Å²) in [6, 6.07) is 7.37. The monoisotopic (exact) mass is 388 g/mol. The first-order chi connectivity index (χ1) is 13.1. The van der Waals surface area contributed by atoms with Gasteiger partial charge in [-0.05, 0) is 30.5 Å². The van der Waals surface area contributed by atoms with Crippen LogP contribution in [0.4, 0.5) is 5.82 Å². The predicted octanol–water partition coefficient (Wildman–Crippen LogP) is 2.46. The van der Waals surface area contributed by atoms with Crippen LogP contribution in [0.3, 0.4) is 0 Å². The van der Waals surface area contributed by atoms with Gasteiger partial charge in [0.2, 0.25) is 11.8 Å². The number of hydrogen-bond donors (Lipinski definition) is 2. The number of aromatic nitrogens is 2. The summed E-state index contributed by atoms with van der Waals surface area (Å²) in [6.45, 7) is 1.63. The maximum atomic E-state index is 12.5. The van der Waals surface area contributed by atoms with E-state index in [1.807, 2.05) is 12.1 Å². The van der Waals surface area contributed by atoms with E-state index >= 15 is 0 Å². The number of fused-ring (bicyclic) bond motifs is 1. The SMILES string of the molecule is O=C(C[C@@H]1Cn2ncc(-c3ccc(Cl)cc3)c2NC1=O)NC[C@@H]1CCCO1. The number of halogens is 1. The molecule has 1 aromatic carbocycles. The second kappa shape index (κ2) is 7.70. The zero-order valence-corrected chi connectivity index (χ0v) is 15.5. The minimum atomic E-state index is -0.444. The highest BCUT2D eigenvalue weighted by Gasteiger charge is 2.31. The molecule has 8 heteroatoms. The van der Waals surface area contributed by atoms with E-state index in [1.165, 1.54) is 0 Å². The van der Waals surface area contributed by atoms with Gasteiger partial charge >= 0.3 is 0 Å². The van der Waals surface area contributed by atoms with E-state index in [4.69, 9.17) is 16.3 Å². The summed E-state index contributed by atoms with van der Waals surface area (Å²) in [5.41, 5.74) is 1.76. The molecule has 0 radical (unpaired) electrons. The molecule has 0 spiro atoms. The van der Waals surface area contributed by atoms with Gasteiger partial charge in [0.15, 0.2) is 0 Å². The molecule has 1 fully saturated rings. The molecule has 2 atom stereocenters. The van der Waals surface area contributed by atoms with Gasteiger partial charge in [0.1, 0.15) is 5.82 Å². The smallest absolute Gasteiger partial charge is 0.231 e. The Labute approximate surface area is 162 Å². The fourth-order valence-electron chi connectivity index (χ4n) is 3.49. The maximum absolute atomic E-state index is 12.5. The first-order valence-electron chi connectivity index (χ1n) is 9.11. The van der Waals surface area contributed by atoms with E-state index in [2.05, 4.69) is 15.7 Å². The second-order valence-corrected chi connectivity index (χ2v) is 7.36. The van der Waals surface area contributed by atoms with Crippen LogP contribution in [0.15, 0.2) is 30.5 Å². The van der Waals surface area contributed by atoms with Gasteiger partial charge in [-0.1, -0.05) is 23.7 Å². The molecule has 4 rings (SSSR count). The second-order valence-electron chi connectivity index (χ2n) is 6.93. The number of nitrogens with one attached hydrogen (secondary N) is 2. The third-order valence-electron chi connectivity index (χ3n) is 4.98. The van der Waals surface area contributed by atoms with Crippen molar-refractivity contribution < 1.29 is 14.3 Å². The fourth-order valence-corrected chi connectivity index (χ4v) is 3.62. The van der Waals surface area contributed by atoms with Gasteiger partial charge in [0.25, 0.3) is 0 Å². The summed E-state index contributed by atoms with van der Waals surface area (Å²) in [5, 5.41) is 10.8. The number of benzene rings is 1. The Morgan fingerprint density at radius 3 is 2.93 bits per heavy atom. The van der Waals surface area contributed by atoms with E-state index in [0.29, 0.717) is 23.9 Å². The minimum absolute atomic E-state index is 0.0915. The molecule has 7 nitrogen and oxygen atoms in total. The Bertz CT molecular complexity index is 843. The first kappa shape index (κ1) is 18.0. The van der Waals surface area contributed by atoms with Gasteiger partial charge in [-0.2, -0.15) is 5.10 Å². The Morgan fingerprint density at radius 2 is 2.19 bits per heavy atom. The van der Waals surface area contributed by atoms with Crippen LogP contribution in [-0.4, -0.2) is 40.9 Å². The summed E-state index contributed by atoms with van der Waals surface area (Å²) in [7, 11) is 0. The van der Waals surface area contributed by atoms with Crippen molar-refractivity contribution in [1.82, 2.24) is 15.1 Å². The third-order valence-corrected chi connectivity index (χ3v) is 5.24. The zero-order chi connectivity index (χ0) is 18.8. The van der Waals surface area contributed by atoms with Crippen LogP contribution in [0.5, 0.6) is 0 Å².